The van der Waals surface area contributed by atoms with Crippen LogP contribution in [-0.2, 0) is 6.54 Å². The molecule has 0 saturated heterocycles. The highest BCUT2D eigenvalue weighted by Gasteiger charge is 2.04. The van der Waals surface area contributed by atoms with Crippen LogP contribution in [-0.4, -0.2) is 6.54 Å². The van der Waals surface area contributed by atoms with E-state index in [0.717, 1.165) is 12.5 Å². The molecule has 2 heteroatoms. The second-order valence-electron chi connectivity index (χ2n) is 4.18. The van der Waals surface area contributed by atoms with Crippen molar-refractivity contribution in [3.05, 3.63) is 22.4 Å². The van der Waals surface area contributed by atoms with Crippen LogP contribution in [0.1, 0.15) is 45.1 Å². The average molecular weight is 225 g/mol. The van der Waals surface area contributed by atoms with Crippen LogP contribution in [0.25, 0.3) is 0 Å². The number of nitrogens with one attached hydrogen (secondary N) is 1. The van der Waals surface area contributed by atoms with Gasteiger partial charge in [0.25, 0.3) is 0 Å². The Balaban J connectivity index is 2.11. The van der Waals surface area contributed by atoms with Crippen molar-refractivity contribution in [2.45, 2.75) is 46.1 Å². The van der Waals surface area contributed by atoms with E-state index in [0.29, 0.717) is 0 Å². The van der Waals surface area contributed by atoms with E-state index < -0.39 is 0 Å². The third-order valence-corrected chi connectivity index (χ3v) is 3.62. The Kier molecular flexibility index (Phi) is 6.69. The molecule has 0 fully saturated rings. The number of thiophene rings is 1. The van der Waals surface area contributed by atoms with Crippen molar-refractivity contribution in [2.75, 3.05) is 6.54 Å². The largest absolute Gasteiger partial charge is 0.312 e. The van der Waals surface area contributed by atoms with Gasteiger partial charge in [-0.1, -0.05) is 33.1 Å². The van der Waals surface area contributed by atoms with Crippen LogP contribution >= 0.6 is 11.3 Å². The van der Waals surface area contributed by atoms with E-state index in [1.54, 1.807) is 11.3 Å². The highest BCUT2D eigenvalue weighted by atomic mass is 32.1. The Morgan fingerprint density at radius 3 is 2.87 bits per heavy atom. The molecular formula is C13H23NS. The Labute approximate surface area is 97.9 Å². The van der Waals surface area contributed by atoms with Gasteiger partial charge in [-0.25, -0.2) is 0 Å². The number of unbranched alkanes of at least 4 members (excludes halogenated alkanes) is 1. The molecular weight excluding hydrogens is 202 g/mol. The lowest BCUT2D eigenvalue weighted by Gasteiger charge is -2.14. The fourth-order valence-electron chi connectivity index (χ4n) is 1.76. The number of hydrogen-bond donors (Lipinski definition) is 1. The Bertz CT molecular complexity index is 231. The second-order valence-corrected chi connectivity index (χ2v) is 4.96. The summed E-state index contributed by atoms with van der Waals surface area (Å²) in [6, 6.07) is 2.20. The normalized spacial score (nSPS) is 12.9. The van der Waals surface area contributed by atoms with Crippen LogP contribution in [0.4, 0.5) is 0 Å². The van der Waals surface area contributed by atoms with Crippen molar-refractivity contribution in [1.82, 2.24) is 5.32 Å². The standard InChI is InChI=1S/C13H23NS/c1-3-5-6-12(4-2)9-14-10-13-7-8-15-11-13/h7-8,11-12,14H,3-6,9-10H2,1-2H3/t12-/m1/s1. The van der Waals surface area contributed by atoms with E-state index in [2.05, 4.69) is 36.0 Å². The van der Waals surface area contributed by atoms with Crippen LogP contribution < -0.4 is 5.32 Å². The van der Waals surface area contributed by atoms with Gasteiger partial charge in [-0.3, -0.25) is 0 Å². The average Bonchev–Trinajstić information content (AvgIpc) is 2.76. The number of rotatable bonds is 8. The summed E-state index contributed by atoms with van der Waals surface area (Å²) in [7, 11) is 0. The first kappa shape index (κ1) is 12.7. The zero-order valence-corrected chi connectivity index (χ0v) is 10.8. The first-order valence-electron chi connectivity index (χ1n) is 6.08. The summed E-state index contributed by atoms with van der Waals surface area (Å²) in [5.41, 5.74) is 1.42. The lowest BCUT2D eigenvalue weighted by atomic mass is 9.99. The molecule has 0 aliphatic heterocycles. The molecule has 0 spiro atoms. The maximum absolute atomic E-state index is 3.55. The molecule has 1 aromatic rings. The first-order chi connectivity index (χ1) is 7.36. The topological polar surface area (TPSA) is 12.0 Å². The molecule has 86 valence electrons. The van der Waals surface area contributed by atoms with E-state index in [-0.39, 0.29) is 0 Å². The maximum atomic E-state index is 3.55. The minimum Gasteiger partial charge on any atom is -0.312 e. The van der Waals surface area contributed by atoms with Crippen molar-refractivity contribution in [3.63, 3.8) is 0 Å². The van der Waals surface area contributed by atoms with Crippen molar-refractivity contribution < 1.29 is 0 Å². The minimum absolute atomic E-state index is 0.864. The van der Waals surface area contributed by atoms with Gasteiger partial charge in [0.05, 0.1) is 0 Å². The fraction of sp³-hybridized carbons (Fsp3) is 0.692. The lowest BCUT2D eigenvalue weighted by Crippen LogP contribution is -2.21. The molecule has 0 unspecified atom stereocenters. The molecule has 1 N–H and O–H groups in total. The molecule has 0 amide bonds. The van der Waals surface area contributed by atoms with Crippen LogP contribution in [0.5, 0.6) is 0 Å². The van der Waals surface area contributed by atoms with Gasteiger partial charge in [0.1, 0.15) is 0 Å². The van der Waals surface area contributed by atoms with Crippen LogP contribution in [0, 0.1) is 5.92 Å². The van der Waals surface area contributed by atoms with Gasteiger partial charge in [0.15, 0.2) is 0 Å². The zero-order chi connectivity index (χ0) is 10.9. The highest BCUT2D eigenvalue weighted by molar-refractivity contribution is 7.07. The van der Waals surface area contributed by atoms with Crippen molar-refractivity contribution in [1.29, 1.82) is 0 Å². The van der Waals surface area contributed by atoms with Gasteiger partial charge in [0, 0.05) is 6.54 Å². The predicted octanol–water partition coefficient (Wildman–Crippen LogP) is 4.05. The van der Waals surface area contributed by atoms with Gasteiger partial charge >= 0.3 is 0 Å². The fourth-order valence-corrected chi connectivity index (χ4v) is 2.43. The molecule has 1 atom stereocenters. The Morgan fingerprint density at radius 2 is 2.27 bits per heavy atom. The molecule has 1 rings (SSSR count). The van der Waals surface area contributed by atoms with Crippen molar-refractivity contribution in [2.24, 2.45) is 5.92 Å². The smallest absolute Gasteiger partial charge is 0.0213 e. The first-order valence-corrected chi connectivity index (χ1v) is 7.02. The lowest BCUT2D eigenvalue weighted by molar-refractivity contribution is 0.419. The summed E-state index contributed by atoms with van der Waals surface area (Å²) in [4.78, 5) is 0. The molecule has 0 aromatic carbocycles. The molecule has 0 bridgehead atoms. The molecule has 0 radical (unpaired) electrons. The van der Waals surface area contributed by atoms with Crippen molar-refractivity contribution >= 4 is 11.3 Å². The maximum Gasteiger partial charge on any atom is 0.0213 e. The van der Waals surface area contributed by atoms with E-state index in [9.17, 15) is 0 Å². The Morgan fingerprint density at radius 1 is 1.40 bits per heavy atom. The summed E-state index contributed by atoms with van der Waals surface area (Å²) < 4.78 is 0. The zero-order valence-electron chi connectivity index (χ0n) is 9.96. The molecule has 0 aliphatic rings. The number of hydrogen-bond acceptors (Lipinski definition) is 2. The van der Waals surface area contributed by atoms with Crippen LogP contribution in [0.15, 0.2) is 16.8 Å². The predicted molar refractivity (Wildman–Crippen MR) is 69.3 cm³/mol. The van der Waals surface area contributed by atoms with Gasteiger partial charge in [-0.05, 0) is 41.3 Å². The van der Waals surface area contributed by atoms with E-state index in [1.807, 2.05) is 0 Å². The second kappa shape index (κ2) is 7.89. The van der Waals surface area contributed by atoms with Gasteiger partial charge in [0.2, 0.25) is 0 Å². The summed E-state index contributed by atoms with van der Waals surface area (Å²) in [6.45, 7) is 6.77. The summed E-state index contributed by atoms with van der Waals surface area (Å²) in [5, 5.41) is 7.92. The van der Waals surface area contributed by atoms with E-state index >= 15 is 0 Å². The SMILES string of the molecule is CCCC[C@@H](CC)CNCc1ccsc1. The van der Waals surface area contributed by atoms with E-state index in [1.165, 1.54) is 37.8 Å². The third kappa shape index (κ3) is 5.33. The Hall–Kier alpha value is -0.340. The molecule has 1 heterocycles. The highest BCUT2D eigenvalue weighted by Crippen LogP contribution is 2.12. The minimum atomic E-state index is 0.864. The van der Waals surface area contributed by atoms with Crippen molar-refractivity contribution in [3.8, 4) is 0 Å². The summed E-state index contributed by atoms with van der Waals surface area (Å²) in [6.07, 6.45) is 5.37. The quantitative estimate of drug-likeness (QED) is 0.703. The van der Waals surface area contributed by atoms with E-state index in [4.69, 9.17) is 0 Å². The van der Waals surface area contributed by atoms with Gasteiger partial charge in [-0.15, -0.1) is 0 Å². The van der Waals surface area contributed by atoms with Crippen LogP contribution in [0.3, 0.4) is 0 Å². The molecule has 15 heavy (non-hydrogen) atoms. The summed E-state index contributed by atoms with van der Waals surface area (Å²) >= 11 is 1.78. The molecule has 0 aliphatic carbocycles. The summed E-state index contributed by atoms with van der Waals surface area (Å²) in [5.74, 6) is 0.864. The molecule has 1 aromatic heterocycles. The third-order valence-electron chi connectivity index (χ3n) is 2.89. The van der Waals surface area contributed by atoms with Crippen LogP contribution in [0.2, 0.25) is 0 Å². The monoisotopic (exact) mass is 225 g/mol. The molecule has 1 nitrogen and oxygen atoms in total. The van der Waals surface area contributed by atoms with Gasteiger partial charge < -0.3 is 5.32 Å². The van der Waals surface area contributed by atoms with Gasteiger partial charge in [-0.2, -0.15) is 11.3 Å². The molecule has 0 saturated carbocycles.